The van der Waals surface area contributed by atoms with Crippen molar-refractivity contribution in [2.75, 3.05) is 11.9 Å². The molecule has 0 radical (unpaired) electrons. The van der Waals surface area contributed by atoms with Crippen molar-refractivity contribution in [2.45, 2.75) is 19.8 Å². The van der Waals surface area contributed by atoms with Crippen molar-refractivity contribution in [3.8, 4) is 11.4 Å². The van der Waals surface area contributed by atoms with Gasteiger partial charge in [0.05, 0.1) is 28.3 Å². The van der Waals surface area contributed by atoms with Gasteiger partial charge < -0.3 is 5.32 Å². The van der Waals surface area contributed by atoms with E-state index in [4.69, 9.17) is 4.98 Å². The molecule has 2 N–H and O–H groups in total. The Bertz CT molecular complexity index is 838. The van der Waals surface area contributed by atoms with Crippen LogP contribution in [0, 0.1) is 12.7 Å². The van der Waals surface area contributed by atoms with E-state index < -0.39 is 0 Å². The zero-order valence-electron chi connectivity index (χ0n) is 11.7. The maximum absolute atomic E-state index is 13.7. The van der Waals surface area contributed by atoms with Gasteiger partial charge in [0.1, 0.15) is 5.82 Å². The molecule has 0 saturated heterocycles. The van der Waals surface area contributed by atoms with Crippen molar-refractivity contribution in [1.82, 2.24) is 15.2 Å². The Hall–Kier alpha value is -2.43. The monoisotopic (exact) mass is 282 g/mol. The molecular weight excluding hydrogens is 267 g/mol. The van der Waals surface area contributed by atoms with Gasteiger partial charge in [0, 0.05) is 11.9 Å². The number of hydrogen-bond acceptors (Lipinski definition) is 3. The van der Waals surface area contributed by atoms with E-state index in [0.717, 1.165) is 58.6 Å². The molecule has 106 valence electrons. The minimum absolute atomic E-state index is 0.248. The average Bonchev–Trinajstić information content (AvgIpc) is 2.91. The second-order valence-corrected chi connectivity index (χ2v) is 5.44. The molecule has 4 nitrogen and oxygen atoms in total. The lowest BCUT2D eigenvalue weighted by molar-refractivity contribution is 0.628. The summed E-state index contributed by atoms with van der Waals surface area (Å²) in [5.74, 6) is -0.248. The molecule has 2 aromatic heterocycles. The first-order valence-corrected chi connectivity index (χ1v) is 7.11. The highest BCUT2D eigenvalue weighted by atomic mass is 19.1. The van der Waals surface area contributed by atoms with E-state index >= 15 is 0 Å². The first kappa shape index (κ1) is 12.3. The van der Waals surface area contributed by atoms with Crippen molar-refractivity contribution in [3.63, 3.8) is 0 Å². The topological polar surface area (TPSA) is 53.6 Å². The predicted molar refractivity (Wildman–Crippen MR) is 80.8 cm³/mol. The number of aryl methyl sites for hydroxylation is 2. The predicted octanol–water partition coefficient (Wildman–Crippen LogP) is 3.43. The Kier molecular flexibility index (Phi) is 2.67. The fourth-order valence-electron chi connectivity index (χ4n) is 2.91. The van der Waals surface area contributed by atoms with Crippen LogP contribution in [-0.4, -0.2) is 21.7 Å². The van der Waals surface area contributed by atoms with Crippen molar-refractivity contribution >= 4 is 16.6 Å². The molecule has 1 aliphatic heterocycles. The number of pyridine rings is 1. The van der Waals surface area contributed by atoms with Crippen LogP contribution >= 0.6 is 0 Å². The molecule has 5 heteroatoms. The van der Waals surface area contributed by atoms with Gasteiger partial charge in [-0.05, 0) is 49.6 Å². The maximum Gasteiger partial charge on any atom is 0.124 e. The molecule has 0 aliphatic carbocycles. The molecule has 4 rings (SSSR count). The molecule has 0 atom stereocenters. The Morgan fingerprint density at radius 3 is 3.05 bits per heavy atom. The van der Waals surface area contributed by atoms with Crippen LogP contribution in [0.5, 0.6) is 0 Å². The van der Waals surface area contributed by atoms with Crippen LogP contribution in [-0.2, 0) is 6.42 Å². The Morgan fingerprint density at radius 1 is 1.24 bits per heavy atom. The van der Waals surface area contributed by atoms with Gasteiger partial charge in [0.25, 0.3) is 0 Å². The van der Waals surface area contributed by atoms with Crippen LogP contribution < -0.4 is 5.32 Å². The summed E-state index contributed by atoms with van der Waals surface area (Å²) in [5.41, 5.74) is 5.37. The summed E-state index contributed by atoms with van der Waals surface area (Å²) in [7, 11) is 0. The SMILES string of the molecule is Cc1cc(F)cc2c(-c3ccc4c(n3)CCCN4)[nH]nc12. The number of H-pyrrole nitrogens is 1. The largest absolute Gasteiger partial charge is 0.384 e. The second-order valence-electron chi connectivity index (χ2n) is 5.44. The molecule has 3 heterocycles. The maximum atomic E-state index is 13.7. The lowest BCUT2D eigenvalue weighted by atomic mass is 10.1. The number of benzene rings is 1. The van der Waals surface area contributed by atoms with E-state index in [1.165, 1.54) is 12.1 Å². The lowest BCUT2D eigenvalue weighted by Gasteiger charge is -2.17. The van der Waals surface area contributed by atoms with Gasteiger partial charge in [-0.2, -0.15) is 5.10 Å². The highest BCUT2D eigenvalue weighted by molar-refractivity contribution is 5.93. The van der Waals surface area contributed by atoms with Gasteiger partial charge in [-0.15, -0.1) is 0 Å². The fourth-order valence-corrected chi connectivity index (χ4v) is 2.91. The average molecular weight is 282 g/mol. The van der Waals surface area contributed by atoms with Gasteiger partial charge in [-0.3, -0.25) is 5.10 Å². The molecule has 1 aliphatic rings. The first-order valence-electron chi connectivity index (χ1n) is 7.11. The van der Waals surface area contributed by atoms with Crippen molar-refractivity contribution < 1.29 is 4.39 Å². The number of nitrogens with one attached hydrogen (secondary N) is 2. The number of nitrogens with zero attached hydrogens (tertiary/aromatic N) is 2. The minimum atomic E-state index is -0.248. The summed E-state index contributed by atoms with van der Waals surface area (Å²) >= 11 is 0. The van der Waals surface area contributed by atoms with Crippen LogP contribution in [0.15, 0.2) is 24.3 Å². The van der Waals surface area contributed by atoms with Crippen molar-refractivity contribution in [2.24, 2.45) is 0 Å². The van der Waals surface area contributed by atoms with Crippen LogP contribution in [0.25, 0.3) is 22.3 Å². The number of halogens is 1. The van der Waals surface area contributed by atoms with Gasteiger partial charge in [-0.1, -0.05) is 0 Å². The third-order valence-corrected chi connectivity index (χ3v) is 3.95. The summed E-state index contributed by atoms with van der Waals surface area (Å²) < 4.78 is 13.7. The molecule has 0 amide bonds. The zero-order chi connectivity index (χ0) is 14.4. The smallest absolute Gasteiger partial charge is 0.124 e. The third kappa shape index (κ3) is 1.96. The molecule has 0 fully saturated rings. The summed E-state index contributed by atoms with van der Waals surface area (Å²) in [6, 6.07) is 7.00. The molecule has 0 bridgehead atoms. The number of anilines is 1. The number of rotatable bonds is 1. The Morgan fingerprint density at radius 2 is 2.14 bits per heavy atom. The van der Waals surface area contributed by atoms with E-state index in [1.807, 2.05) is 19.1 Å². The summed E-state index contributed by atoms with van der Waals surface area (Å²) in [5, 5.41) is 11.4. The minimum Gasteiger partial charge on any atom is -0.384 e. The summed E-state index contributed by atoms with van der Waals surface area (Å²) in [4.78, 5) is 4.71. The number of fused-ring (bicyclic) bond motifs is 2. The first-order chi connectivity index (χ1) is 10.2. The Labute approximate surface area is 121 Å². The van der Waals surface area contributed by atoms with Gasteiger partial charge in [0.2, 0.25) is 0 Å². The standard InChI is InChI=1S/C16H15FN4/c1-9-7-10(17)8-11-15(9)20-21-16(11)14-5-4-12-13(19-14)3-2-6-18-12/h4-5,7-8,18H,2-3,6H2,1H3,(H,20,21). The van der Waals surface area contributed by atoms with Crippen LogP contribution in [0.4, 0.5) is 10.1 Å². The highest BCUT2D eigenvalue weighted by Crippen LogP contribution is 2.30. The van der Waals surface area contributed by atoms with Crippen LogP contribution in [0.1, 0.15) is 17.7 Å². The molecule has 21 heavy (non-hydrogen) atoms. The number of aromatic amines is 1. The molecule has 0 unspecified atom stereocenters. The quantitative estimate of drug-likeness (QED) is 0.719. The summed E-state index contributed by atoms with van der Waals surface area (Å²) in [6.07, 6.45) is 2.05. The van der Waals surface area contributed by atoms with E-state index in [-0.39, 0.29) is 5.82 Å². The van der Waals surface area contributed by atoms with E-state index in [9.17, 15) is 4.39 Å². The normalized spacial score (nSPS) is 14.0. The highest BCUT2D eigenvalue weighted by Gasteiger charge is 2.15. The van der Waals surface area contributed by atoms with Crippen LogP contribution in [0.3, 0.4) is 0 Å². The fraction of sp³-hybridized carbons (Fsp3) is 0.250. The van der Waals surface area contributed by atoms with Crippen molar-refractivity contribution in [3.05, 3.63) is 41.3 Å². The number of hydrogen-bond donors (Lipinski definition) is 2. The molecule has 0 spiro atoms. The molecule has 3 aromatic rings. The van der Waals surface area contributed by atoms with E-state index in [1.54, 1.807) is 0 Å². The van der Waals surface area contributed by atoms with Gasteiger partial charge in [0.15, 0.2) is 0 Å². The summed E-state index contributed by atoms with van der Waals surface area (Å²) in [6.45, 7) is 2.85. The molecular formula is C16H15FN4. The van der Waals surface area contributed by atoms with Gasteiger partial charge in [-0.25, -0.2) is 9.37 Å². The molecule has 0 saturated carbocycles. The van der Waals surface area contributed by atoms with Crippen LogP contribution in [0.2, 0.25) is 0 Å². The lowest BCUT2D eigenvalue weighted by Crippen LogP contribution is -2.13. The zero-order valence-corrected chi connectivity index (χ0v) is 11.7. The van der Waals surface area contributed by atoms with E-state index in [2.05, 4.69) is 15.5 Å². The second kappa shape index (κ2) is 4.55. The molecule has 1 aromatic carbocycles. The van der Waals surface area contributed by atoms with Crippen molar-refractivity contribution in [1.29, 1.82) is 0 Å². The Balaban J connectivity index is 1.90. The third-order valence-electron chi connectivity index (χ3n) is 3.95. The van der Waals surface area contributed by atoms with Gasteiger partial charge >= 0.3 is 0 Å². The van der Waals surface area contributed by atoms with E-state index in [0.29, 0.717) is 0 Å². The number of aromatic nitrogens is 3.